The second-order valence-corrected chi connectivity index (χ2v) is 4.13. The van der Waals surface area contributed by atoms with Gasteiger partial charge in [-0.3, -0.25) is 4.79 Å². The summed E-state index contributed by atoms with van der Waals surface area (Å²) in [5.74, 6) is -0.319. The molecule has 0 bridgehead atoms. The van der Waals surface area contributed by atoms with E-state index in [2.05, 4.69) is 5.32 Å². The summed E-state index contributed by atoms with van der Waals surface area (Å²) >= 11 is 0. The molecule has 0 fully saturated rings. The van der Waals surface area contributed by atoms with Crippen molar-refractivity contribution in [1.29, 1.82) is 0 Å². The number of carboxylic acids is 1. The molecule has 2 N–H and O–H groups in total. The highest BCUT2D eigenvalue weighted by atomic mass is 16.5. The van der Waals surface area contributed by atoms with Crippen molar-refractivity contribution in [2.24, 2.45) is 0 Å². The second-order valence-electron chi connectivity index (χ2n) is 4.13. The largest absolute Gasteiger partial charge is 0.490 e. The molecule has 1 rings (SSSR count). The minimum atomic E-state index is -1.06. The summed E-state index contributed by atoms with van der Waals surface area (Å²) in [5.41, 5.74) is 0.688. The van der Waals surface area contributed by atoms with Gasteiger partial charge in [0.1, 0.15) is 0 Å². The Hall–Kier alpha value is -2.50. The molecular weight excluding hydrogens is 274 g/mol. The Morgan fingerprint density at radius 2 is 2.10 bits per heavy atom. The summed E-state index contributed by atoms with van der Waals surface area (Å²) in [7, 11) is 0. The van der Waals surface area contributed by atoms with Gasteiger partial charge in [-0.25, -0.2) is 4.79 Å². The van der Waals surface area contributed by atoms with Crippen LogP contribution >= 0.6 is 0 Å². The quantitative estimate of drug-likeness (QED) is 0.762. The van der Waals surface area contributed by atoms with Crippen LogP contribution in [0, 0.1) is 0 Å². The third kappa shape index (κ3) is 5.99. The maximum Gasteiger partial charge on any atom is 0.341 e. The first-order valence-electron chi connectivity index (χ1n) is 6.56. The predicted molar refractivity (Wildman–Crippen MR) is 78.5 cm³/mol. The van der Waals surface area contributed by atoms with Crippen molar-refractivity contribution in [2.75, 3.05) is 19.8 Å². The number of hydrogen-bond donors (Lipinski definition) is 2. The maximum atomic E-state index is 10.8. The zero-order valence-corrected chi connectivity index (χ0v) is 12.1. The molecule has 0 spiro atoms. The highest BCUT2D eigenvalue weighted by Gasteiger charge is 2.10. The van der Waals surface area contributed by atoms with Crippen molar-refractivity contribution in [1.82, 2.24) is 5.32 Å². The van der Waals surface area contributed by atoms with Crippen LogP contribution in [0.25, 0.3) is 6.08 Å². The van der Waals surface area contributed by atoms with Gasteiger partial charge in [-0.1, -0.05) is 24.3 Å². The molecule has 114 valence electrons. The van der Waals surface area contributed by atoms with E-state index in [1.807, 2.05) is 6.92 Å². The first kappa shape index (κ1) is 16.6. The summed E-state index contributed by atoms with van der Waals surface area (Å²) in [6.07, 6.45) is 3.50. The minimum Gasteiger partial charge on any atom is -0.490 e. The SMILES string of the molecule is CCOc1cccc(C=CCNC(C)=O)c1OCC(=O)O. The number of carbonyl (C=O) groups excluding carboxylic acids is 1. The summed E-state index contributed by atoms with van der Waals surface area (Å²) in [5, 5.41) is 11.4. The van der Waals surface area contributed by atoms with Gasteiger partial charge in [0, 0.05) is 19.0 Å². The van der Waals surface area contributed by atoms with Crippen LogP contribution < -0.4 is 14.8 Å². The van der Waals surface area contributed by atoms with Gasteiger partial charge in [-0.15, -0.1) is 0 Å². The zero-order valence-electron chi connectivity index (χ0n) is 12.1. The average molecular weight is 293 g/mol. The molecule has 21 heavy (non-hydrogen) atoms. The number of hydrogen-bond acceptors (Lipinski definition) is 4. The number of rotatable bonds is 8. The van der Waals surface area contributed by atoms with Crippen LogP contribution in [-0.4, -0.2) is 36.7 Å². The number of para-hydroxylation sites is 1. The topological polar surface area (TPSA) is 84.9 Å². The number of ether oxygens (including phenoxy) is 2. The molecule has 0 aromatic heterocycles. The Morgan fingerprint density at radius 3 is 2.71 bits per heavy atom. The van der Waals surface area contributed by atoms with Crippen LogP contribution in [-0.2, 0) is 9.59 Å². The summed E-state index contributed by atoms with van der Waals surface area (Å²) in [4.78, 5) is 21.4. The normalized spacial score (nSPS) is 10.4. The minimum absolute atomic E-state index is 0.120. The van der Waals surface area contributed by atoms with E-state index in [0.717, 1.165) is 0 Å². The molecule has 6 heteroatoms. The highest BCUT2D eigenvalue weighted by Crippen LogP contribution is 2.32. The Labute approximate surface area is 123 Å². The lowest BCUT2D eigenvalue weighted by atomic mass is 10.1. The van der Waals surface area contributed by atoms with Crippen molar-refractivity contribution in [3.8, 4) is 11.5 Å². The Morgan fingerprint density at radius 1 is 1.33 bits per heavy atom. The third-order valence-corrected chi connectivity index (χ3v) is 2.42. The van der Waals surface area contributed by atoms with Gasteiger partial charge in [0.05, 0.1) is 6.61 Å². The number of amides is 1. The molecule has 0 radical (unpaired) electrons. The van der Waals surface area contributed by atoms with Crippen LogP contribution in [0.5, 0.6) is 11.5 Å². The van der Waals surface area contributed by atoms with E-state index in [4.69, 9.17) is 14.6 Å². The van der Waals surface area contributed by atoms with Gasteiger partial charge in [0.25, 0.3) is 0 Å². The van der Waals surface area contributed by atoms with Crippen LogP contribution in [0.2, 0.25) is 0 Å². The Bertz CT molecular complexity index is 525. The van der Waals surface area contributed by atoms with Crippen LogP contribution in [0.15, 0.2) is 24.3 Å². The molecular formula is C15H19NO5. The molecule has 0 heterocycles. The number of benzene rings is 1. The number of carbonyl (C=O) groups is 2. The average Bonchev–Trinajstić information content (AvgIpc) is 2.42. The fourth-order valence-corrected chi connectivity index (χ4v) is 1.61. The molecule has 0 aliphatic heterocycles. The lowest BCUT2D eigenvalue weighted by Gasteiger charge is -2.13. The Kier molecular flexibility index (Phi) is 6.80. The number of nitrogens with one attached hydrogen (secondary N) is 1. The fourth-order valence-electron chi connectivity index (χ4n) is 1.61. The van der Waals surface area contributed by atoms with E-state index in [0.29, 0.717) is 30.2 Å². The highest BCUT2D eigenvalue weighted by molar-refractivity contribution is 5.73. The van der Waals surface area contributed by atoms with Crippen LogP contribution in [0.3, 0.4) is 0 Å². The van der Waals surface area contributed by atoms with E-state index < -0.39 is 12.6 Å². The van der Waals surface area contributed by atoms with Gasteiger partial charge in [0.2, 0.25) is 5.91 Å². The van der Waals surface area contributed by atoms with Gasteiger partial charge in [0.15, 0.2) is 18.1 Å². The molecule has 1 aromatic carbocycles. The Balaban J connectivity index is 2.91. The summed E-state index contributed by atoms with van der Waals surface area (Å²) in [6.45, 7) is 3.65. The van der Waals surface area contributed by atoms with Crippen molar-refractivity contribution in [2.45, 2.75) is 13.8 Å². The first-order valence-corrected chi connectivity index (χ1v) is 6.56. The molecule has 0 aliphatic rings. The number of aliphatic carboxylic acids is 1. The summed E-state index contributed by atoms with van der Waals surface area (Å²) in [6, 6.07) is 5.28. The van der Waals surface area contributed by atoms with E-state index in [1.54, 1.807) is 30.4 Å². The van der Waals surface area contributed by atoms with Crippen molar-refractivity contribution >= 4 is 18.0 Å². The van der Waals surface area contributed by atoms with Crippen molar-refractivity contribution in [3.63, 3.8) is 0 Å². The molecule has 1 amide bonds. The third-order valence-electron chi connectivity index (χ3n) is 2.42. The lowest BCUT2D eigenvalue weighted by molar-refractivity contribution is -0.139. The summed E-state index contributed by atoms with van der Waals surface area (Å²) < 4.78 is 10.7. The van der Waals surface area contributed by atoms with E-state index in [-0.39, 0.29) is 5.91 Å². The van der Waals surface area contributed by atoms with Gasteiger partial charge in [-0.05, 0) is 13.0 Å². The lowest BCUT2D eigenvalue weighted by Crippen LogP contribution is -2.19. The monoisotopic (exact) mass is 293 g/mol. The fraction of sp³-hybridized carbons (Fsp3) is 0.333. The van der Waals surface area contributed by atoms with Crippen LogP contribution in [0.1, 0.15) is 19.4 Å². The van der Waals surface area contributed by atoms with Crippen molar-refractivity contribution < 1.29 is 24.2 Å². The molecule has 0 unspecified atom stereocenters. The molecule has 6 nitrogen and oxygen atoms in total. The predicted octanol–water partition coefficient (Wildman–Crippen LogP) is 1.70. The van der Waals surface area contributed by atoms with E-state index in [9.17, 15) is 9.59 Å². The van der Waals surface area contributed by atoms with Gasteiger partial charge in [-0.2, -0.15) is 0 Å². The molecule has 0 saturated carbocycles. The van der Waals surface area contributed by atoms with E-state index in [1.165, 1.54) is 6.92 Å². The van der Waals surface area contributed by atoms with Crippen LogP contribution in [0.4, 0.5) is 0 Å². The number of carboxylic acid groups (broad SMARTS) is 1. The molecule has 0 aliphatic carbocycles. The van der Waals surface area contributed by atoms with Gasteiger partial charge >= 0.3 is 5.97 Å². The maximum absolute atomic E-state index is 10.8. The molecule has 0 atom stereocenters. The van der Waals surface area contributed by atoms with E-state index >= 15 is 0 Å². The molecule has 1 aromatic rings. The second kappa shape index (κ2) is 8.63. The first-order chi connectivity index (χ1) is 10.0. The van der Waals surface area contributed by atoms with Gasteiger partial charge < -0.3 is 19.9 Å². The standard InChI is InChI=1S/C15H19NO5/c1-3-20-13-8-4-6-12(7-5-9-16-11(2)17)15(13)21-10-14(18)19/h4-8H,3,9-10H2,1-2H3,(H,16,17)(H,18,19). The smallest absolute Gasteiger partial charge is 0.341 e. The molecule has 0 saturated heterocycles. The van der Waals surface area contributed by atoms with Crippen molar-refractivity contribution in [3.05, 3.63) is 29.8 Å². The zero-order chi connectivity index (χ0) is 15.7.